The third-order valence-corrected chi connectivity index (χ3v) is 3.65. The summed E-state index contributed by atoms with van der Waals surface area (Å²) in [5, 5.41) is 3.37. The monoisotopic (exact) mass is 189 g/mol. The Kier molecular flexibility index (Phi) is 1.60. The van der Waals surface area contributed by atoms with Gasteiger partial charge in [0.25, 0.3) is 0 Å². The van der Waals surface area contributed by atoms with E-state index in [1.807, 2.05) is 17.4 Å². The summed E-state index contributed by atoms with van der Waals surface area (Å²) in [6.07, 6.45) is 4.05. The number of hydrogen-bond donors (Lipinski definition) is 1. The summed E-state index contributed by atoms with van der Waals surface area (Å²) in [5.41, 5.74) is 2.54. The van der Waals surface area contributed by atoms with E-state index in [1.54, 1.807) is 0 Å². The van der Waals surface area contributed by atoms with Crippen molar-refractivity contribution in [2.45, 2.75) is 13.0 Å². The van der Waals surface area contributed by atoms with Gasteiger partial charge in [-0.15, -0.1) is 11.3 Å². The van der Waals surface area contributed by atoms with Crippen molar-refractivity contribution in [3.05, 3.63) is 28.8 Å². The molecule has 13 heavy (non-hydrogen) atoms. The van der Waals surface area contributed by atoms with Gasteiger partial charge in [-0.3, -0.25) is 0 Å². The molecule has 0 fully saturated rings. The molecule has 0 spiro atoms. The summed E-state index contributed by atoms with van der Waals surface area (Å²) in [6, 6.07) is 3.99. The molecule has 3 rings (SSSR count). The molecule has 65 valence electrons. The molecule has 0 atom stereocenters. The van der Waals surface area contributed by atoms with Gasteiger partial charge >= 0.3 is 0 Å². The van der Waals surface area contributed by atoms with Gasteiger partial charge in [0.05, 0.1) is 16.4 Å². The fourth-order valence-corrected chi connectivity index (χ4v) is 2.94. The van der Waals surface area contributed by atoms with Crippen molar-refractivity contribution in [1.82, 2.24) is 10.3 Å². The van der Waals surface area contributed by atoms with E-state index >= 15 is 0 Å². The van der Waals surface area contributed by atoms with Gasteiger partial charge in [0.1, 0.15) is 0 Å². The Morgan fingerprint density at radius 2 is 2.54 bits per heavy atom. The standard InChI is InChI=1S/C10H9N2S/c1-2-9-10(12-4-1)7-6-11-5-3-8(7)13-9/h1-2,11H,3,5-6H2. The fraction of sp³-hybridized carbons (Fsp3) is 0.300. The Morgan fingerprint density at radius 3 is 3.54 bits per heavy atom. The van der Waals surface area contributed by atoms with E-state index in [-0.39, 0.29) is 0 Å². The smallest absolute Gasteiger partial charge is 0.0894 e. The van der Waals surface area contributed by atoms with Gasteiger partial charge < -0.3 is 5.32 Å². The van der Waals surface area contributed by atoms with Crippen LogP contribution in [0.3, 0.4) is 0 Å². The van der Waals surface area contributed by atoms with E-state index in [4.69, 9.17) is 0 Å². The van der Waals surface area contributed by atoms with Gasteiger partial charge in [0.15, 0.2) is 0 Å². The first-order chi connectivity index (χ1) is 6.45. The van der Waals surface area contributed by atoms with Crippen molar-refractivity contribution >= 4 is 21.6 Å². The van der Waals surface area contributed by atoms with Gasteiger partial charge in [-0.2, -0.15) is 0 Å². The Labute approximate surface area is 80.6 Å². The first-order valence-corrected chi connectivity index (χ1v) is 5.25. The van der Waals surface area contributed by atoms with E-state index in [9.17, 15) is 0 Å². The first kappa shape index (κ1) is 7.47. The van der Waals surface area contributed by atoms with Crippen LogP contribution in [0.4, 0.5) is 0 Å². The van der Waals surface area contributed by atoms with Crippen LogP contribution in [0.2, 0.25) is 0 Å². The second-order valence-electron chi connectivity index (χ2n) is 3.22. The molecular weight excluding hydrogens is 180 g/mol. The van der Waals surface area contributed by atoms with Crippen LogP contribution in [0.25, 0.3) is 10.2 Å². The molecule has 2 aromatic rings. The van der Waals surface area contributed by atoms with Crippen molar-refractivity contribution in [3.63, 3.8) is 0 Å². The minimum atomic E-state index is 0.972. The van der Waals surface area contributed by atoms with Gasteiger partial charge in [-0.25, -0.2) is 4.98 Å². The van der Waals surface area contributed by atoms with E-state index in [0.29, 0.717) is 0 Å². The molecule has 0 aliphatic carbocycles. The summed E-state index contributed by atoms with van der Waals surface area (Å²) in [4.78, 5) is 5.80. The van der Waals surface area contributed by atoms with Crippen LogP contribution in [-0.4, -0.2) is 11.5 Å². The highest BCUT2D eigenvalue weighted by molar-refractivity contribution is 7.19. The second-order valence-corrected chi connectivity index (χ2v) is 4.35. The zero-order valence-corrected chi connectivity index (χ0v) is 7.95. The summed E-state index contributed by atoms with van der Waals surface area (Å²) in [5.74, 6) is 0. The molecule has 2 aromatic heterocycles. The predicted molar refractivity (Wildman–Crippen MR) is 53.9 cm³/mol. The van der Waals surface area contributed by atoms with E-state index < -0.39 is 0 Å². The second kappa shape index (κ2) is 2.79. The zero-order chi connectivity index (χ0) is 8.67. The minimum Gasteiger partial charge on any atom is -0.312 e. The first-order valence-electron chi connectivity index (χ1n) is 4.43. The molecule has 0 aromatic carbocycles. The lowest BCUT2D eigenvalue weighted by Gasteiger charge is -2.11. The Hall–Kier alpha value is -0.930. The molecule has 0 saturated heterocycles. The van der Waals surface area contributed by atoms with Crippen LogP contribution < -0.4 is 5.32 Å². The van der Waals surface area contributed by atoms with Gasteiger partial charge in [0.2, 0.25) is 0 Å². The van der Waals surface area contributed by atoms with Crippen LogP contribution in [-0.2, 0) is 13.0 Å². The highest BCUT2D eigenvalue weighted by Crippen LogP contribution is 2.31. The third kappa shape index (κ3) is 1.08. The van der Waals surface area contributed by atoms with Crippen LogP contribution >= 0.6 is 11.3 Å². The Morgan fingerprint density at radius 1 is 1.54 bits per heavy atom. The quantitative estimate of drug-likeness (QED) is 0.683. The number of rotatable bonds is 0. The molecule has 1 aliphatic heterocycles. The normalized spacial score (nSPS) is 16.0. The van der Waals surface area contributed by atoms with Crippen LogP contribution in [0.5, 0.6) is 0 Å². The molecule has 1 aliphatic rings. The number of nitrogens with zero attached hydrogens (tertiary/aromatic N) is 1. The number of nitrogens with one attached hydrogen (secondary N) is 1. The number of pyridine rings is 1. The van der Waals surface area contributed by atoms with Crippen LogP contribution in [0.1, 0.15) is 10.4 Å². The molecule has 2 nitrogen and oxygen atoms in total. The molecule has 0 unspecified atom stereocenters. The lowest BCUT2D eigenvalue weighted by Crippen LogP contribution is -2.22. The summed E-state index contributed by atoms with van der Waals surface area (Å²) >= 11 is 1.88. The molecule has 0 saturated carbocycles. The minimum absolute atomic E-state index is 0.972. The van der Waals surface area contributed by atoms with Crippen LogP contribution in [0, 0.1) is 6.20 Å². The lowest BCUT2D eigenvalue weighted by atomic mass is 10.1. The van der Waals surface area contributed by atoms with Crippen molar-refractivity contribution in [1.29, 1.82) is 0 Å². The number of thiophene rings is 1. The predicted octanol–water partition coefficient (Wildman–Crippen LogP) is 1.74. The Bertz CT molecular complexity index is 447. The van der Waals surface area contributed by atoms with Gasteiger partial charge in [-0.1, -0.05) is 0 Å². The Balaban J connectivity index is 2.34. The number of fused-ring (bicyclic) bond motifs is 3. The fourth-order valence-electron chi connectivity index (χ4n) is 1.77. The summed E-state index contributed by atoms with van der Waals surface area (Å²) < 4.78 is 1.30. The number of hydrogen-bond acceptors (Lipinski definition) is 3. The maximum absolute atomic E-state index is 4.30. The number of aromatic nitrogens is 1. The molecule has 0 amide bonds. The maximum atomic E-state index is 4.30. The highest BCUT2D eigenvalue weighted by atomic mass is 32.1. The largest absolute Gasteiger partial charge is 0.312 e. The maximum Gasteiger partial charge on any atom is 0.0894 e. The van der Waals surface area contributed by atoms with Crippen molar-refractivity contribution < 1.29 is 0 Å². The van der Waals surface area contributed by atoms with E-state index in [1.165, 1.54) is 15.1 Å². The average Bonchev–Trinajstić information content (AvgIpc) is 2.56. The van der Waals surface area contributed by atoms with Crippen molar-refractivity contribution in [2.24, 2.45) is 0 Å². The SMILES string of the molecule is [c]1ccc2sc3c(c2n1)CNCC3. The molecule has 0 bridgehead atoms. The van der Waals surface area contributed by atoms with E-state index in [0.717, 1.165) is 25.0 Å². The molecule has 3 heterocycles. The summed E-state index contributed by atoms with van der Waals surface area (Å²) in [6.45, 7) is 2.07. The topological polar surface area (TPSA) is 24.9 Å². The molecule has 3 heteroatoms. The average molecular weight is 189 g/mol. The third-order valence-electron chi connectivity index (χ3n) is 2.41. The van der Waals surface area contributed by atoms with Crippen molar-refractivity contribution in [2.75, 3.05) is 6.54 Å². The highest BCUT2D eigenvalue weighted by Gasteiger charge is 2.15. The van der Waals surface area contributed by atoms with Crippen LogP contribution in [0.15, 0.2) is 12.1 Å². The molecule has 1 N–H and O–H groups in total. The van der Waals surface area contributed by atoms with Gasteiger partial charge in [-0.05, 0) is 18.6 Å². The summed E-state index contributed by atoms with van der Waals surface area (Å²) in [7, 11) is 0. The van der Waals surface area contributed by atoms with Crippen molar-refractivity contribution in [3.8, 4) is 0 Å². The van der Waals surface area contributed by atoms with E-state index in [2.05, 4.69) is 22.6 Å². The lowest BCUT2D eigenvalue weighted by molar-refractivity contribution is 0.655. The van der Waals surface area contributed by atoms with Gasteiger partial charge in [0, 0.05) is 23.5 Å². The molecular formula is C10H9N2S. The molecule has 1 radical (unpaired) electrons. The zero-order valence-electron chi connectivity index (χ0n) is 7.13.